The van der Waals surface area contributed by atoms with E-state index in [-0.39, 0.29) is 0 Å². The van der Waals surface area contributed by atoms with Gasteiger partial charge in [0.15, 0.2) is 0 Å². The van der Waals surface area contributed by atoms with E-state index in [1.807, 2.05) is 12.1 Å². The minimum Gasteiger partial charge on any atom is -0.456 e. The normalized spacial score (nSPS) is 11.6. The van der Waals surface area contributed by atoms with Crippen LogP contribution in [0, 0.1) is 0 Å². The lowest BCUT2D eigenvalue weighted by molar-refractivity contribution is 0.669. The van der Waals surface area contributed by atoms with Gasteiger partial charge in [0.05, 0.1) is 0 Å². The van der Waals surface area contributed by atoms with Crippen LogP contribution in [0.15, 0.2) is 192 Å². The molecule has 0 spiro atoms. The van der Waals surface area contributed by atoms with Gasteiger partial charge < -0.3 is 9.32 Å². The topological polar surface area (TPSA) is 16.4 Å². The standard InChI is InChI=1S/C48H31NO/c1-3-16-39-32(11-1)13-10-21-40(39)33-23-25-36(26-24-33)49(38-27-28-45-44-20-7-8-22-47(44)50-48(45)31-38)37-15-9-14-34(29-37)46-30-35-12-2-4-17-41(35)42-18-5-6-19-43(42)46/h1-31H. The molecule has 10 rings (SSSR count). The summed E-state index contributed by atoms with van der Waals surface area (Å²) in [5, 5.41) is 9.77. The Hall–Kier alpha value is -6.64. The van der Waals surface area contributed by atoms with Crippen LogP contribution in [0.1, 0.15) is 0 Å². The highest BCUT2D eigenvalue weighted by Crippen LogP contribution is 2.42. The molecule has 0 aliphatic carbocycles. The summed E-state index contributed by atoms with van der Waals surface area (Å²) >= 11 is 0. The first-order valence-corrected chi connectivity index (χ1v) is 17.1. The van der Waals surface area contributed by atoms with Crippen molar-refractivity contribution in [2.45, 2.75) is 0 Å². The van der Waals surface area contributed by atoms with Gasteiger partial charge in [-0.2, -0.15) is 0 Å². The molecule has 10 aromatic rings. The molecule has 0 atom stereocenters. The van der Waals surface area contributed by atoms with E-state index in [1.165, 1.54) is 54.6 Å². The first kappa shape index (κ1) is 28.4. The highest BCUT2D eigenvalue weighted by molar-refractivity contribution is 6.14. The van der Waals surface area contributed by atoms with Crippen molar-refractivity contribution < 1.29 is 4.42 Å². The molecular formula is C48H31NO. The molecule has 0 unspecified atom stereocenters. The Morgan fingerprint density at radius 2 is 0.920 bits per heavy atom. The summed E-state index contributed by atoms with van der Waals surface area (Å²) < 4.78 is 6.39. The molecular weight excluding hydrogens is 607 g/mol. The molecule has 0 fully saturated rings. The zero-order chi connectivity index (χ0) is 33.0. The van der Waals surface area contributed by atoms with Crippen molar-refractivity contribution in [2.24, 2.45) is 0 Å². The van der Waals surface area contributed by atoms with E-state index in [4.69, 9.17) is 4.42 Å². The second-order valence-corrected chi connectivity index (χ2v) is 12.9. The Morgan fingerprint density at radius 1 is 0.300 bits per heavy atom. The first-order chi connectivity index (χ1) is 24.8. The number of rotatable bonds is 5. The highest BCUT2D eigenvalue weighted by Gasteiger charge is 2.18. The molecule has 0 radical (unpaired) electrons. The fraction of sp³-hybridized carbons (Fsp3) is 0. The maximum absolute atomic E-state index is 6.39. The average molecular weight is 638 g/mol. The third-order valence-corrected chi connectivity index (χ3v) is 10.0. The number of hydrogen-bond donors (Lipinski definition) is 0. The number of para-hydroxylation sites is 1. The van der Waals surface area contributed by atoms with E-state index >= 15 is 0 Å². The summed E-state index contributed by atoms with van der Waals surface area (Å²) in [6.45, 7) is 0. The van der Waals surface area contributed by atoms with Gasteiger partial charge in [-0.1, -0.05) is 133 Å². The number of hydrogen-bond acceptors (Lipinski definition) is 2. The van der Waals surface area contributed by atoms with Crippen LogP contribution in [0.2, 0.25) is 0 Å². The summed E-state index contributed by atoms with van der Waals surface area (Å²) in [4.78, 5) is 2.34. The Balaban J connectivity index is 1.15. The van der Waals surface area contributed by atoms with Crippen molar-refractivity contribution in [3.63, 3.8) is 0 Å². The maximum Gasteiger partial charge on any atom is 0.137 e. The van der Waals surface area contributed by atoms with E-state index in [0.29, 0.717) is 0 Å². The SMILES string of the molecule is c1cc(-c2cc3ccccc3c3ccccc23)cc(N(c2ccc(-c3cccc4ccccc34)cc2)c2ccc3c(c2)oc2ccccc23)c1. The minimum absolute atomic E-state index is 0.873. The van der Waals surface area contributed by atoms with E-state index in [2.05, 4.69) is 181 Å². The van der Waals surface area contributed by atoms with Crippen LogP contribution in [0.25, 0.3) is 76.5 Å². The van der Waals surface area contributed by atoms with Crippen molar-refractivity contribution in [2.75, 3.05) is 4.90 Å². The summed E-state index contributed by atoms with van der Waals surface area (Å²) in [6.07, 6.45) is 0. The van der Waals surface area contributed by atoms with Gasteiger partial charge in [0.1, 0.15) is 11.2 Å². The molecule has 2 nitrogen and oxygen atoms in total. The summed E-state index contributed by atoms with van der Waals surface area (Å²) in [6, 6.07) is 67.6. The molecule has 9 aromatic carbocycles. The van der Waals surface area contributed by atoms with Gasteiger partial charge >= 0.3 is 0 Å². The summed E-state index contributed by atoms with van der Waals surface area (Å²) in [7, 11) is 0. The van der Waals surface area contributed by atoms with Gasteiger partial charge in [0.25, 0.3) is 0 Å². The van der Waals surface area contributed by atoms with Crippen LogP contribution in [-0.4, -0.2) is 0 Å². The highest BCUT2D eigenvalue weighted by atomic mass is 16.3. The Bertz CT molecular complexity index is 2870. The number of fused-ring (bicyclic) bond motifs is 7. The van der Waals surface area contributed by atoms with Crippen LogP contribution in [0.3, 0.4) is 0 Å². The second kappa shape index (κ2) is 11.5. The third kappa shape index (κ3) is 4.65. The van der Waals surface area contributed by atoms with Crippen LogP contribution in [0.5, 0.6) is 0 Å². The number of anilines is 3. The summed E-state index contributed by atoms with van der Waals surface area (Å²) in [5.41, 5.74) is 9.78. The largest absolute Gasteiger partial charge is 0.456 e. The van der Waals surface area contributed by atoms with Crippen molar-refractivity contribution in [1.29, 1.82) is 0 Å². The van der Waals surface area contributed by atoms with E-state index < -0.39 is 0 Å². The molecule has 1 aromatic heterocycles. The Kier molecular flexibility index (Phi) is 6.53. The molecule has 0 saturated heterocycles. The zero-order valence-corrected chi connectivity index (χ0v) is 27.3. The smallest absolute Gasteiger partial charge is 0.137 e. The second-order valence-electron chi connectivity index (χ2n) is 12.9. The Morgan fingerprint density at radius 3 is 1.78 bits per heavy atom. The first-order valence-electron chi connectivity index (χ1n) is 17.1. The fourth-order valence-corrected chi connectivity index (χ4v) is 7.67. The molecule has 0 amide bonds. The van der Waals surface area contributed by atoms with Crippen molar-refractivity contribution in [1.82, 2.24) is 0 Å². The van der Waals surface area contributed by atoms with Gasteiger partial charge in [0, 0.05) is 33.9 Å². The fourth-order valence-electron chi connectivity index (χ4n) is 7.67. The van der Waals surface area contributed by atoms with Crippen molar-refractivity contribution >= 4 is 71.3 Å². The van der Waals surface area contributed by atoms with Crippen molar-refractivity contribution in [3.8, 4) is 22.3 Å². The van der Waals surface area contributed by atoms with Gasteiger partial charge in [-0.25, -0.2) is 0 Å². The molecule has 50 heavy (non-hydrogen) atoms. The van der Waals surface area contributed by atoms with Crippen LogP contribution < -0.4 is 4.90 Å². The van der Waals surface area contributed by atoms with Crippen LogP contribution >= 0.6 is 0 Å². The van der Waals surface area contributed by atoms with Crippen LogP contribution in [-0.2, 0) is 0 Å². The lowest BCUT2D eigenvalue weighted by Crippen LogP contribution is -2.10. The number of benzene rings is 9. The van der Waals surface area contributed by atoms with Gasteiger partial charge in [-0.15, -0.1) is 0 Å². The predicted octanol–water partition coefficient (Wildman–Crippen LogP) is 13.8. The number of furan rings is 1. The molecule has 0 bridgehead atoms. The van der Waals surface area contributed by atoms with Crippen molar-refractivity contribution in [3.05, 3.63) is 188 Å². The molecule has 1 heterocycles. The average Bonchev–Trinajstić information content (AvgIpc) is 3.56. The predicted molar refractivity (Wildman–Crippen MR) is 212 cm³/mol. The molecule has 0 aliphatic rings. The molecule has 0 N–H and O–H groups in total. The van der Waals surface area contributed by atoms with E-state index in [0.717, 1.165) is 39.0 Å². The molecule has 0 aliphatic heterocycles. The van der Waals surface area contributed by atoms with Gasteiger partial charge in [0.2, 0.25) is 0 Å². The monoisotopic (exact) mass is 637 g/mol. The number of nitrogens with zero attached hydrogens (tertiary/aromatic N) is 1. The third-order valence-electron chi connectivity index (χ3n) is 10.0. The van der Waals surface area contributed by atoms with Crippen LogP contribution in [0.4, 0.5) is 17.1 Å². The molecule has 0 saturated carbocycles. The maximum atomic E-state index is 6.39. The molecule has 234 valence electrons. The van der Waals surface area contributed by atoms with Gasteiger partial charge in [-0.05, 0) is 103 Å². The Labute approximate surface area is 290 Å². The lowest BCUT2D eigenvalue weighted by atomic mass is 9.93. The molecule has 2 heteroatoms. The lowest BCUT2D eigenvalue weighted by Gasteiger charge is -2.26. The van der Waals surface area contributed by atoms with Gasteiger partial charge in [-0.3, -0.25) is 0 Å². The van der Waals surface area contributed by atoms with E-state index in [9.17, 15) is 0 Å². The summed E-state index contributed by atoms with van der Waals surface area (Å²) in [5.74, 6) is 0. The minimum atomic E-state index is 0.873. The van der Waals surface area contributed by atoms with E-state index in [1.54, 1.807) is 0 Å². The zero-order valence-electron chi connectivity index (χ0n) is 27.3. The quantitative estimate of drug-likeness (QED) is 0.175.